The summed E-state index contributed by atoms with van der Waals surface area (Å²) in [5.41, 5.74) is 5.95. The van der Waals surface area contributed by atoms with Gasteiger partial charge in [0.25, 0.3) is 0 Å². The summed E-state index contributed by atoms with van der Waals surface area (Å²) in [7, 11) is 1.68. The third-order valence-electron chi connectivity index (χ3n) is 2.43. The van der Waals surface area contributed by atoms with Crippen molar-refractivity contribution in [3.8, 4) is 0 Å². The molecule has 1 aromatic rings. The summed E-state index contributed by atoms with van der Waals surface area (Å²) in [4.78, 5) is 4.29. The third-order valence-corrected chi connectivity index (χ3v) is 2.43. The van der Waals surface area contributed by atoms with Gasteiger partial charge in [-0.3, -0.25) is 0 Å². The fraction of sp³-hybridized carbons (Fsp3) is 0.818. The predicted octanol–water partition coefficient (Wildman–Crippen LogP) is 1.69. The van der Waals surface area contributed by atoms with E-state index in [0.717, 1.165) is 12.8 Å². The minimum absolute atomic E-state index is 0.0731. The minimum atomic E-state index is -0.226. The number of rotatable bonds is 5. The molecule has 1 aromatic heterocycles. The van der Waals surface area contributed by atoms with Crippen molar-refractivity contribution in [3.63, 3.8) is 0 Å². The number of ether oxygens (including phenoxy) is 1. The van der Waals surface area contributed by atoms with Crippen LogP contribution in [-0.4, -0.2) is 23.9 Å². The first-order chi connectivity index (χ1) is 7.45. The SMILES string of the molecule is COCCCc1noc(C(N)C(C)(C)C)n1. The zero-order chi connectivity index (χ0) is 12.2. The first-order valence-corrected chi connectivity index (χ1v) is 5.52. The molecule has 0 radical (unpaired) electrons. The van der Waals surface area contributed by atoms with Crippen LogP contribution in [-0.2, 0) is 11.2 Å². The normalized spacial score (nSPS) is 14.1. The molecule has 0 saturated carbocycles. The van der Waals surface area contributed by atoms with Gasteiger partial charge in [0, 0.05) is 20.1 Å². The molecule has 2 N–H and O–H groups in total. The van der Waals surface area contributed by atoms with Gasteiger partial charge in [0.05, 0.1) is 6.04 Å². The van der Waals surface area contributed by atoms with Crippen LogP contribution in [0.3, 0.4) is 0 Å². The number of nitrogens with zero attached hydrogens (tertiary/aromatic N) is 2. The lowest BCUT2D eigenvalue weighted by molar-refractivity contribution is 0.194. The summed E-state index contributed by atoms with van der Waals surface area (Å²) in [6, 6.07) is -0.226. The van der Waals surface area contributed by atoms with Crippen LogP contribution in [0.2, 0.25) is 0 Å². The quantitative estimate of drug-likeness (QED) is 0.775. The molecule has 0 amide bonds. The van der Waals surface area contributed by atoms with E-state index in [1.54, 1.807) is 7.11 Å². The average molecular weight is 227 g/mol. The van der Waals surface area contributed by atoms with E-state index in [-0.39, 0.29) is 11.5 Å². The molecule has 0 aliphatic rings. The molecule has 1 atom stereocenters. The fourth-order valence-electron chi connectivity index (χ4n) is 1.24. The zero-order valence-corrected chi connectivity index (χ0v) is 10.5. The van der Waals surface area contributed by atoms with Gasteiger partial charge in [0.2, 0.25) is 5.89 Å². The van der Waals surface area contributed by atoms with Crippen LogP contribution in [0.25, 0.3) is 0 Å². The highest BCUT2D eigenvalue weighted by molar-refractivity contribution is 4.96. The molecule has 0 aliphatic carbocycles. The predicted molar refractivity (Wildman–Crippen MR) is 60.9 cm³/mol. The summed E-state index contributed by atoms with van der Waals surface area (Å²) in [5, 5.41) is 3.90. The smallest absolute Gasteiger partial charge is 0.244 e. The van der Waals surface area contributed by atoms with Gasteiger partial charge in [-0.2, -0.15) is 4.98 Å². The molecule has 1 rings (SSSR count). The van der Waals surface area contributed by atoms with Crippen LogP contribution in [0.15, 0.2) is 4.52 Å². The third kappa shape index (κ3) is 3.57. The van der Waals surface area contributed by atoms with Crippen molar-refractivity contribution in [2.45, 2.75) is 39.7 Å². The van der Waals surface area contributed by atoms with Crippen LogP contribution in [0, 0.1) is 5.41 Å². The summed E-state index contributed by atoms with van der Waals surface area (Å²) in [5.74, 6) is 1.21. The van der Waals surface area contributed by atoms with Crippen molar-refractivity contribution in [2.75, 3.05) is 13.7 Å². The molecule has 1 heterocycles. The second-order valence-electron chi connectivity index (χ2n) is 4.99. The van der Waals surface area contributed by atoms with E-state index in [0.29, 0.717) is 18.3 Å². The van der Waals surface area contributed by atoms with E-state index in [1.807, 2.05) is 20.8 Å². The summed E-state index contributed by atoms with van der Waals surface area (Å²) >= 11 is 0. The molecule has 5 nitrogen and oxygen atoms in total. The van der Waals surface area contributed by atoms with Crippen molar-refractivity contribution in [3.05, 3.63) is 11.7 Å². The molecule has 5 heteroatoms. The first kappa shape index (κ1) is 13.1. The molecule has 0 aliphatic heterocycles. The van der Waals surface area contributed by atoms with E-state index < -0.39 is 0 Å². The maximum absolute atomic E-state index is 6.02. The highest BCUT2D eigenvalue weighted by atomic mass is 16.5. The van der Waals surface area contributed by atoms with Crippen molar-refractivity contribution >= 4 is 0 Å². The van der Waals surface area contributed by atoms with Gasteiger partial charge in [-0.15, -0.1) is 0 Å². The second-order valence-corrected chi connectivity index (χ2v) is 4.99. The van der Waals surface area contributed by atoms with Gasteiger partial charge in [-0.25, -0.2) is 0 Å². The topological polar surface area (TPSA) is 74.2 Å². The Morgan fingerprint density at radius 3 is 2.69 bits per heavy atom. The molecule has 0 aromatic carbocycles. The van der Waals surface area contributed by atoms with Crippen molar-refractivity contribution in [1.82, 2.24) is 10.1 Å². The Labute approximate surface area is 96.4 Å². The van der Waals surface area contributed by atoms with E-state index in [9.17, 15) is 0 Å². The van der Waals surface area contributed by atoms with E-state index in [4.69, 9.17) is 15.0 Å². The first-order valence-electron chi connectivity index (χ1n) is 5.52. The van der Waals surface area contributed by atoms with Crippen molar-refractivity contribution < 1.29 is 9.26 Å². The zero-order valence-electron chi connectivity index (χ0n) is 10.5. The molecule has 0 fully saturated rings. The van der Waals surface area contributed by atoms with Crippen molar-refractivity contribution in [2.24, 2.45) is 11.1 Å². The lowest BCUT2D eigenvalue weighted by atomic mass is 9.87. The Morgan fingerprint density at radius 2 is 2.12 bits per heavy atom. The Balaban J connectivity index is 2.57. The van der Waals surface area contributed by atoms with Crippen LogP contribution < -0.4 is 5.73 Å². The Morgan fingerprint density at radius 1 is 1.44 bits per heavy atom. The molecule has 0 saturated heterocycles. The van der Waals surface area contributed by atoms with Gasteiger partial charge >= 0.3 is 0 Å². The molecule has 0 spiro atoms. The average Bonchev–Trinajstić information content (AvgIpc) is 2.64. The Kier molecular flexibility index (Phi) is 4.44. The fourth-order valence-corrected chi connectivity index (χ4v) is 1.24. The number of aromatic nitrogens is 2. The van der Waals surface area contributed by atoms with Crippen LogP contribution in [0.4, 0.5) is 0 Å². The van der Waals surface area contributed by atoms with Crippen LogP contribution >= 0.6 is 0 Å². The molecular formula is C11H21N3O2. The van der Waals surface area contributed by atoms with Crippen LogP contribution in [0.1, 0.15) is 44.9 Å². The highest BCUT2D eigenvalue weighted by Crippen LogP contribution is 2.29. The second kappa shape index (κ2) is 5.41. The molecule has 0 bridgehead atoms. The van der Waals surface area contributed by atoms with Gasteiger partial charge in [-0.1, -0.05) is 25.9 Å². The summed E-state index contributed by atoms with van der Waals surface area (Å²) < 4.78 is 10.1. The molecule has 92 valence electrons. The van der Waals surface area contributed by atoms with E-state index in [1.165, 1.54) is 0 Å². The maximum Gasteiger partial charge on any atom is 0.244 e. The lowest BCUT2D eigenvalue weighted by Crippen LogP contribution is -2.26. The molecular weight excluding hydrogens is 206 g/mol. The van der Waals surface area contributed by atoms with Gasteiger partial charge in [0.15, 0.2) is 5.82 Å². The number of aryl methyl sites for hydroxylation is 1. The molecule has 16 heavy (non-hydrogen) atoms. The number of hydrogen-bond donors (Lipinski definition) is 1. The number of nitrogens with two attached hydrogens (primary N) is 1. The van der Waals surface area contributed by atoms with Crippen molar-refractivity contribution in [1.29, 1.82) is 0 Å². The van der Waals surface area contributed by atoms with Gasteiger partial charge in [-0.05, 0) is 11.8 Å². The van der Waals surface area contributed by atoms with Gasteiger partial charge < -0.3 is 15.0 Å². The largest absolute Gasteiger partial charge is 0.385 e. The monoisotopic (exact) mass is 227 g/mol. The minimum Gasteiger partial charge on any atom is -0.385 e. The summed E-state index contributed by atoms with van der Waals surface area (Å²) in [6.07, 6.45) is 1.65. The van der Waals surface area contributed by atoms with E-state index in [2.05, 4.69) is 10.1 Å². The summed E-state index contributed by atoms with van der Waals surface area (Å²) in [6.45, 7) is 6.85. The van der Waals surface area contributed by atoms with Gasteiger partial charge in [0.1, 0.15) is 0 Å². The number of hydrogen-bond acceptors (Lipinski definition) is 5. The number of methoxy groups -OCH3 is 1. The Bertz CT molecular complexity index is 317. The lowest BCUT2D eigenvalue weighted by Gasteiger charge is -2.23. The molecule has 1 unspecified atom stereocenters. The highest BCUT2D eigenvalue weighted by Gasteiger charge is 2.27. The Hall–Kier alpha value is -0.940. The van der Waals surface area contributed by atoms with E-state index >= 15 is 0 Å². The maximum atomic E-state index is 6.02. The standard InChI is InChI=1S/C11H21N3O2/c1-11(2,3)9(12)10-13-8(14-16-10)6-5-7-15-4/h9H,5-7,12H2,1-4H3. The van der Waals surface area contributed by atoms with Crippen LogP contribution in [0.5, 0.6) is 0 Å².